The van der Waals surface area contributed by atoms with Gasteiger partial charge in [0.15, 0.2) is 0 Å². The van der Waals surface area contributed by atoms with Crippen LogP contribution >= 0.6 is 0 Å². The van der Waals surface area contributed by atoms with Crippen LogP contribution in [-0.4, -0.2) is 36.4 Å². The number of β-amino-alcohol motifs (C(OH)–C–C–N with tert-alkyl or cyclic N) is 1. The van der Waals surface area contributed by atoms with Gasteiger partial charge >= 0.3 is 0 Å². The Balaban J connectivity index is 2.10. The zero-order chi connectivity index (χ0) is 12.5. The molecule has 18 heavy (non-hydrogen) atoms. The van der Waals surface area contributed by atoms with Gasteiger partial charge in [-0.1, -0.05) is 6.07 Å². The number of aliphatic hydroxyl groups excluding tert-OH is 1. The zero-order valence-electron chi connectivity index (χ0n) is 10.3. The lowest BCUT2D eigenvalue weighted by molar-refractivity contribution is 0.198. The zero-order valence-corrected chi connectivity index (χ0v) is 10.3. The van der Waals surface area contributed by atoms with E-state index in [0.29, 0.717) is 6.54 Å². The Morgan fingerprint density at radius 2 is 2.28 bits per heavy atom. The molecule has 0 spiro atoms. The third kappa shape index (κ3) is 1.88. The first-order chi connectivity index (χ1) is 8.78. The molecule has 1 saturated heterocycles. The lowest BCUT2D eigenvalue weighted by atomic mass is 10.1. The van der Waals surface area contributed by atoms with Crippen molar-refractivity contribution < 1.29 is 9.84 Å². The van der Waals surface area contributed by atoms with Crippen molar-refractivity contribution in [3.8, 4) is 5.75 Å². The second-order valence-corrected chi connectivity index (χ2v) is 4.61. The van der Waals surface area contributed by atoms with Gasteiger partial charge < -0.3 is 14.7 Å². The van der Waals surface area contributed by atoms with E-state index in [4.69, 9.17) is 4.74 Å². The molecule has 1 atom stereocenters. The Kier molecular flexibility index (Phi) is 2.80. The normalized spacial score (nSPS) is 19.4. The molecule has 1 aliphatic heterocycles. The number of hydrogen-bond donors (Lipinski definition) is 1. The van der Waals surface area contributed by atoms with E-state index in [-0.39, 0.29) is 6.10 Å². The molecule has 0 radical (unpaired) electrons. The maximum absolute atomic E-state index is 9.64. The van der Waals surface area contributed by atoms with Crippen LogP contribution < -0.4 is 9.64 Å². The van der Waals surface area contributed by atoms with Crippen molar-refractivity contribution in [2.45, 2.75) is 12.5 Å². The lowest BCUT2D eigenvalue weighted by Gasteiger charge is -2.18. The minimum absolute atomic E-state index is 0.243. The first-order valence-electron chi connectivity index (χ1n) is 6.13. The Bertz CT molecular complexity index is 571. The van der Waals surface area contributed by atoms with Crippen molar-refractivity contribution >= 4 is 16.6 Å². The summed E-state index contributed by atoms with van der Waals surface area (Å²) in [5.74, 6) is 1.76. The highest BCUT2D eigenvalue weighted by Crippen LogP contribution is 2.29. The summed E-state index contributed by atoms with van der Waals surface area (Å²) in [5.41, 5.74) is 0. The van der Waals surface area contributed by atoms with Gasteiger partial charge in [0.1, 0.15) is 11.6 Å². The van der Waals surface area contributed by atoms with Crippen molar-refractivity contribution in [2.75, 3.05) is 25.1 Å². The number of methoxy groups -OCH3 is 1. The number of nitrogens with zero attached hydrogens (tertiary/aromatic N) is 2. The predicted molar refractivity (Wildman–Crippen MR) is 71.1 cm³/mol. The van der Waals surface area contributed by atoms with Gasteiger partial charge in [0, 0.05) is 24.7 Å². The molecule has 2 aromatic rings. The van der Waals surface area contributed by atoms with E-state index in [9.17, 15) is 5.11 Å². The van der Waals surface area contributed by atoms with Crippen LogP contribution in [0.2, 0.25) is 0 Å². The highest BCUT2D eigenvalue weighted by molar-refractivity contribution is 5.93. The highest BCUT2D eigenvalue weighted by Gasteiger charge is 2.22. The number of rotatable bonds is 2. The number of ether oxygens (including phenoxy) is 1. The molecule has 4 heteroatoms. The molecule has 1 aromatic carbocycles. The Morgan fingerprint density at radius 3 is 3.00 bits per heavy atom. The number of aliphatic hydroxyl groups is 1. The minimum atomic E-state index is -0.243. The number of fused-ring (bicyclic) bond motifs is 1. The molecule has 1 N–H and O–H groups in total. The topological polar surface area (TPSA) is 45.6 Å². The SMILES string of the molecule is COc1ccc2ccnc(N3CC[C@H](O)C3)c2c1. The van der Waals surface area contributed by atoms with Crippen molar-refractivity contribution in [3.63, 3.8) is 0 Å². The summed E-state index contributed by atoms with van der Waals surface area (Å²) in [6, 6.07) is 7.98. The van der Waals surface area contributed by atoms with Gasteiger partial charge in [0.25, 0.3) is 0 Å². The summed E-state index contributed by atoms with van der Waals surface area (Å²) in [6.07, 6.45) is 2.38. The third-order valence-electron chi connectivity index (χ3n) is 3.42. The van der Waals surface area contributed by atoms with Gasteiger partial charge in [0.2, 0.25) is 0 Å². The summed E-state index contributed by atoms with van der Waals surface area (Å²) in [6.45, 7) is 1.51. The Labute approximate surface area is 106 Å². The van der Waals surface area contributed by atoms with E-state index >= 15 is 0 Å². The average Bonchev–Trinajstić information content (AvgIpc) is 2.84. The van der Waals surface area contributed by atoms with E-state index in [1.807, 2.05) is 30.5 Å². The standard InChI is InChI=1S/C14H16N2O2/c1-18-12-3-2-10-4-6-15-14(13(10)8-12)16-7-5-11(17)9-16/h2-4,6,8,11,17H,5,7,9H2,1H3/t11-/m0/s1. The van der Waals surface area contributed by atoms with Gasteiger partial charge in [-0.15, -0.1) is 0 Å². The minimum Gasteiger partial charge on any atom is -0.497 e. The number of pyridine rings is 1. The average molecular weight is 244 g/mol. The summed E-state index contributed by atoms with van der Waals surface area (Å²) < 4.78 is 5.27. The molecule has 1 fully saturated rings. The van der Waals surface area contributed by atoms with Crippen LogP contribution in [-0.2, 0) is 0 Å². The fraction of sp³-hybridized carbons (Fsp3) is 0.357. The molecule has 1 aromatic heterocycles. The molecule has 4 nitrogen and oxygen atoms in total. The first-order valence-corrected chi connectivity index (χ1v) is 6.13. The van der Waals surface area contributed by atoms with Gasteiger partial charge in [-0.25, -0.2) is 4.98 Å². The molecule has 94 valence electrons. The van der Waals surface area contributed by atoms with Crippen LogP contribution in [0.3, 0.4) is 0 Å². The number of hydrogen-bond acceptors (Lipinski definition) is 4. The van der Waals surface area contributed by atoms with Crippen molar-refractivity contribution in [2.24, 2.45) is 0 Å². The van der Waals surface area contributed by atoms with Gasteiger partial charge in [-0.3, -0.25) is 0 Å². The van der Waals surface area contributed by atoms with E-state index in [1.54, 1.807) is 7.11 Å². The molecule has 0 unspecified atom stereocenters. The lowest BCUT2D eigenvalue weighted by Crippen LogP contribution is -2.22. The number of benzene rings is 1. The van der Waals surface area contributed by atoms with Gasteiger partial charge in [0.05, 0.1) is 13.2 Å². The predicted octanol–water partition coefficient (Wildman–Crippen LogP) is 1.81. The monoisotopic (exact) mass is 244 g/mol. The molecule has 0 saturated carbocycles. The smallest absolute Gasteiger partial charge is 0.136 e. The molecule has 0 bridgehead atoms. The van der Waals surface area contributed by atoms with Crippen LogP contribution in [0.4, 0.5) is 5.82 Å². The fourth-order valence-electron chi connectivity index (χ4n) is 2.45. The molecule has 3 rings (SSSR count). The van der Waals surface area contributed by atoms with Crippen LogP contribution in [0.1, 0.15) is 6.42 Å². The number of aromatic nitrogens is 1. The van der Waals surface area contributed by atoms with Crippen LogP contribution in [0.15, 0.2) is 30.5 Å². The number of anilines is 1. The Hall–Kier alpha value is -1.81. The third-order valence-corrected chi connectivity index (χ3v) is 3.42. The largest absolute Gasteiger partial charge is 0.497 e. The molecule has 0 amide bonds. The maximum Gasteiger partial charge on any atom is 0.136 e. The van der Waals surface area contributed by atoms with Gasteiger partial charge in [-0.05, 0) is 30.0 Å². The first kappa shape index (κ1) is 11.3. The van der Waals surface area contributed by atoms with Crippen LogP contribution in [0, 0.1) is 0 Å². The van der Waals surface area contributed by atoms with Gasteiger partial charge in [-0.2, -0.15) is 0 Å². The second-order valence-electron chi connectivity index (χ2n) is 4.61. The molecular formula is C14H16N2O2. The summed E-state index contributed by atoms with van der Waals surface area (Å²) >= 11 is 0. The van der Waals surface area contributed by atoms with Crippen molar-refractivity contribution in [1.29, 1.82) is 0 Å². The molecule has 0 aliphatic carbocycles. The van der Waals surface area contributed by atoms with Crippen LogP contribution in [0.25, 0.3) is 10.8 Å². The van der Waals surface area contributed by atoms with Crippen LogP contribution in [0.5, 0.6) is 5.75 Å². The van der Waals surface area contributed by atoms with E-state index in [2.05, 4.69) is 9.88 Å². The highest BCUT2D eigenvalue weighted by atomic mass is 16.5. The maximum atomic E-state index is 9.64. The quantitative estimate of drug-likeness (QED) is 0.875. The van der Waals surface area contributed by atoms with Crippen molar-refractivity contribution in [1.82, 2.24) is 4.98 Å². The Morgan fingerprint density at radius 1 is 1.39 bits per heavy atom. The van der Waals surface area contributed by atoms with E-state index < -0.39 is 0 Å². The molecule has 1 aliphatic rings. The summed E-state index contributed by atoms with van der Waals surface area (Å²) in [5, 5.41) is 11.9. The summed E-state index contributed by atoms with van der Waals surface area (Å²) in [4.78, 5) is 6.59. The summed E-state index contributed by atoms with van der Waals surface area (Å²) in [7, 11) is 1.66. The van der Waals surface area contributed by atoms with Crippen molar-refractivity contribution in [3.05, 3.63) is 30.5 Å². The molecular weight excluding hydrogens is 228 g/mol. The van der Waals surface area contributed by atoms with E-state index in [0.717, 1.165) is 35.3 Å². The van der Waals surface area contributed by atoms with E-state index in [1.165, 1.54) is 0 Å². The second kappa shape index (κ2) is 4.46. The molecule has 2 heterocycles. The fourth-order valence-corrected chi connectivity index (χ4v) is 2.45.